The minimum Gasteiger partial charge on any atom is -0.496 e. The molecular formula is C11H15NO. The predicted octanol–water partition coefficient (Wildman–Crippen LogP) is 2.90. The SMILES string of the molecule is CC.COc1cccc(C#N)c1C. The zero-order valence-corrected chi connectivity index (χ0v) is 8.59. The van der Waals surface area contributed by atoms with Crippen LogP contribution in [0.25, 0.3) is 0 Å². The Hall–Kier alpha value is -1.49. The molecule has 70 valence electrons. The van der Waals surface area contributed by atoms with Crippen molar-refractivity contribution in [3.63, 3.8) is 0 Å². The number of benzene rings is 1. The number of methoxy groups -OCH3 is 1. The maximum absolute atomic E-state index is 8.63. The van der Waals surface area contributed by atoms with E-state index in [1.54, 1.807) is 13.2 Å². The minimum absolute atomic E-state index is 0.671. The summed E-state index contributed by atoms with van der Waals surface area (Å²) in [5, 5.41) is 8.63. The maximum atomic E-state index is 8.63. The summed E-state index contributed by atoms with van der Waals surface area (Å²) in [4.78, 5) is 0. The number of nitrogens with zero attached hydrogens (tertiary/aromatic N) is 1. The lowest BCUT2D eigenvalue weighted by molar-refractivity contribution is 0.411. The smallest absolute Gasteiger partial charge is 0.123 e. The second-order valence-corrected chi connectivity index (χ2v) is 2.24. The van der Waals surface area contributed by atoms with Crippen LogP contribution in [0.3, 0.4) is 0 Å². The minimum atomic E-state index is 0.671. The first kappa shape index (κ1) is 11.5. The Kier molecular flexibility index (Phi) is 5.38. The maximum Gasteiger partial charge on any atom is 0.123 e. The zero-order chi connectivity index (χ0) is 10.3. The van der Waals surface area contributed by atoms with Gasteiger partial charge in [0.2, 0.25) is 0 Å². The lowest BCUT2D eigenvalue weighted by atomic mass is 10.1. The van der Waals surface area contributed by atoms with Crippen molar-refractivity contribution in [2.24, 2.45) is 0 Å². The summed E-state index contributed by atoms with van der Waals surface area (Å²) >= 11 is 0. The summed E-state index contributed by atoms with van der Waals surface area (Å²) in [6.45, 7) is 5.87. The molecule has 13 heavy (non-hydrogen) atoms. The first-order valence-electron chi connectivity index (χ1n) is 4.33. The topological polar surface area (TPSA) is 33.0 Å². The predicted molar refractivity (Wildman–Crippen MR) is 53.8 cm³/mol. The molecule has 1 aromatic carbocycles. The number of rotatable bonds is 1. The summed E-state index contributed by atoms with van der Waals surface area (Å²) in [6, 6.07) is 7.52. The second-order valence-electron chi connectivity index (χ2n) is 2.24. The summed E-state index contributed by atoms with van der Waals surface area (Å²) < 4.78 is 5.04. The fourth-order valence-electron chi connectivity index (χ4n) is 0.957. The fourth-order valence-corrected chi connectivity index (χ4v) is 0.957. The van der Waals surface area contributed by atoms with E-state index >= 15 is 0 Å². The van der Waals surface area contributed by atoms with Crippen LogP contribution in [0.1, 0.15) is 25.0 Å². The van der Waals surface area contributed by atoms with E-state index < -0.39 is 0 Å². The van der Waals surface area contributed by atoms with E-state index in [0.29, 0.717) is 5.56 Å². The molecule has 1 aromatic rings. The largest absolute Gasteiger partial charge is 0.496 e. The van der Waals surface area contributed by atoms with Crippen LogP contribution >= 0.6 is 0 Å². The molecule has 0 N–H and O–H groups in total. The van der Waals surface area contributed by atoms with Gasteiger partial charge in [-0.15, -0.1) is 0 Å². The van der Waals surface area contributed by atoms with Gasteiger partial charge in [-0.1, -0.05) is 19.9 Å². The van der Waals surface area contributed by atoms with Crippen LogP contribution in [0.5, 0.6) is 5.75 Å². The van der Waals surface area contributed by atoms with E-state index in [1.807, 2.05) is 32.9 Å². The third-order valence-electron chi connectivity index (χ3n) is 1.62. The van der Waals surface area contributed by atoms with Gasteiger partial charge in [0.25, 0.3) is 0 Å². The molecular weight excluding hydrogens is 162 g/mol. The van der Waals surface area contributed by atoms with Crippen LogP contribution < -0.4 is 4.74 Å². The third kappa shape index (κ3) is 2.79. The highest BCUT2D eigenvalue weighted by atomic mass is 16.5. The molecule has 0 aliphatic carbocycles. The molecule has 0 aliphatic rings. The highest BCUT2D eigenvalue weighted by Crippen LogP contribution is 2.19. The van der Waals surface area contributed by atoms with Gasteiger partial charge in [-0.25, -0.2) is 0 Å². The van der Waals surface area contributed by atoms with Crippen LogP contribution in [-0.2, 0) is 0 Å². The van der Waals surface area contributed by atoms with Gasteiger partial charge in [-0.3, -0.25) is 0 Å². The van der Waals surface area contributed by atoms with E-state index in [9.17, 15) is 0 Å². The van der Waals surface area contributed by atoms with Gasteiger partial charge in [0, 0.05) is 5.56 Å². The summed E-state index contributed by atoms with van der Waals surface area (Å²) in [7, 11) is 1.60. The summed E-state index contributed by atoms with van der Waals surface area (Å²) in [6.07, 6.45) is 0. The Morgan fingerprint density at radius 1 is 1.31 bits per heavy atom. The average Bonchev–Trinajstić information content (AvgIpc) is 2.21. The van der Waals surface area contributed by atoms with Crippen molar-refractivity contribution in [3.05, 3.63) is 29.3 Å². The molecule has 0 saturated heterocycles. The van der Waals surface area contributed by atoms with Gasteiger partial charge in [0.15, 0.2) is 0 Å². The molecule has 2 heteroatoms. The van der Waals surface area contributed by atoms with Crippen molar-refractivity contribution >= 4 is 0 Å². The monoisotopic (exact) mass is 177 g/mol. The van der Waals surface area contributed by atoms with Crippen LogP contribution in [0, 0.1) is 18.3 Å². The van der Waals surface area contributed by atoms with Crippen LogP contribution in [-0.4, -0.2) is 7.11 Å². The van der Waals surface area contributed by atoms with Crippen molar-refractivity contribution < 1.29 is 4.74 Å². The van der Waals surface area contributed by atoms with Crippen molar-refractivity contribution in [1.82, 2.24) is 0 Å². The highest BCUT2D eigenvalue weighted by molar-refractivity contribution is 5.45. The van der Waals surface area contributed by atoms with Gasteiger partial charge in [-0.05, 0) is 19.1 Å². The molecule has 0 heterocycles. The Morgan fingerprint density at radius 2 is 1.92 bits per heavy atom. The number of hydrogen-bond acceptors (Lipinski definition) is 2. The first-order chi connectivity index (χ1) is 6.29. The number of hydrogen-bond donors (Lipinski definition) is 0. The van der Waals surface area contributed by atoms with E-state index in [1.165, 1.54) is 0 Å². The third-order valence-corrected chi connectivity index (χ3v) is 1.62. The molecule has 0 bridgehead atoms. The van der Waals surface area contributed by atoms with Gasteiger partial charge < -0.3 is 4.74 Å². The van der Waals surface area contributed by atoms with Crippen molar-refractivity contribution in [2.75, 3.05) is 7.11 Å². The Bertz CT molecular complexity index is 299. The molecule has 2 nitrogen and oxygen atoms in total. The molecule has 0 fully saturated rings. The van der Waals surface area contributed by atoms with E-state index in [4.69, 9.17) is 10.00 Å². The number of ether oxygens (including phenoxy) is 1. The van der Waals surface area contributed by atoms with Gasteiger partial charge in [0.1, 0.15) is 5.75 Å². The van der Waals surface area contributed by atoms with Crippen molar-refractivity contribution in [3.8, 4) is 11.8 Å². The molecule has 0 spiro atoms. The fraction of sp³-hybridized carbons (Fsp3) is 0.364. The molecule has 0 atom stereocenters. The summed E-state index contributed by atoms with van der Waals surface area (Å²) in [5.74, 6) is 0.768. The Morgan fingerprint density at radius 3 is 2.38 bits per heavy atom. The quantitative estimate of drug-likeness (QED) is 0.660. The lowest BCUT2D eigenvalue weighted by Crippen LogP contribution is -1.89. The molecule has 0 amide bonds. The Labute approximate surface area is 79.8 Å². The van der Waals surface area contributed by atoms with Crippen LogP contribution in [0.15, 0.2) is 18.2 Å². The van der Waals surface area contributed by atoms with Gasteiger partial charge >= 0.3 is 0 Å². The molecule has 0 saturated carbocycles. The van der Waals surface area contributed by atoms with E-state index in [-0.39, 0.29) is 0 Å². The van der Waals surface area contributed by atoms with Crippen molar-refractivity contribution in [1.29, 1.82) is 5.26 Å². The van der Waals surface area contributed by atoms with Crippen molar-refractivity contribution in [2.45, 2.75) is 20.8 Å². The van der Waals surface area contributed by atoms with Gasteiger partial charge in [-0.2, -0.15) is 5.26 Å². The normalized spacial score (nSPS) is 7.92. The van der Waals surface area contributed by atoms with Gasteiger partial charge in [0.05, 0.1) is 18.7 Å². The van der Waals surface area contributed by atoms with Crippen LogP contribution in [0.4, 0.5) is 0 Å². The molecule has 0 aromatic heterocycles. The first-order valence-corrected chi connectivity index (χ1v) is 4.33. The second kappa shape index (κ2) is 6.07. The van der Waals surface area contributed by atoms with Crippen LogP contribution in [0.2, 0.25) is 0 Å². The standard InChI is InChI=1S/C9H9NO.C2H6/c1-7-8(6-10)4-3-5-9(7)11-2;1-2/h3-5H,1-2H3;1-2H3. The average molecular weight is 177 g/mol. The number of nitriles is 1. The molecule has 0 radical (unpaired) electrons. The Balaban J connectivity index is 0.000000671. The highest BCUT2D eigenvalue weighted by Gasteiger charge is 2.01. The molecule has 0 unspecified atom stereocenters. The summed E-state index contributed by atoms with van der Waals surface area (Å²) in [5.41, 5.74) is 1.57. The van der Waals surface area contributed by atoms with E-state index in [0.717, 1.165) is 11.3 Å². The zero-order valence-electron chi connectivity index (χ0n) is 8.59. The molecule has 1 rings (SSSR count). The molecule has 0 aliphatic heterocycles. The van der Waals surface area contributed by atoms with E-state index in [2.05, 4.69) is 6.07 Å². The lowest BCUT2D eigenvalue weighted by Gasteiger charge is -2.03.